The van der Waals surface area contributed by atoms with Crippen molar-refractivity contribution in [3.63, 3.8) is 0 Å². The minimum Gasteiger partial charge on any atom is -0.505 e. The van der Waals surface area contributed by atoms with Gasteiger partial charge in [0.25, 0.3) is 0 Å². The Labute approximate surface area is 156 Å². The molecule has 3 aromatic carbocycles. The molecule has 3 aromatic rings. The lowest BCUT2D eigenvalue weighted by Crippen LogP contribution is -2.07. The van der Waals surface area contributed by atoms with Gasteiger partial charge in [-0.1, -0.05) is 59.6 Å². The van der Waals surface area contributed by atoms with Crippen LogP contribution in [0.4, 0.5) is 10.1 Å². The van der Waals surface area contributed by atoms with Crippen LogP contribution < -0.4 is 4.72 Å². The van der Waals surface area contributed by atoms with Gasteiger partial charge in [0.2, 0.25) is 0 Å². The van der Waals surface area contributed by atoms with Gasteiger partial charge in [-0.25, -0.2) is 8.60 Å². The number of rotatable bonds is 4. The molecule has 0 aliphatic carbocycles. The van der Waals surface area contributed by atoms with Gasteiger partial charge >= 0.3 is 0 Å². The SMILES string of the molecule is O=S(Nc1cc(-c2ccccc2)ccc1F)c1cc(Cl)cc(Cl)c1O. The number of phenols is 1. The van der Waals surface area contributed by atoms with Gasteiger partial charge < -0.3 is 5.11 Å². The van der Waals surface area contributed by atoms with E-state index in [4.69, 9.17) is 23.2 Å². The second-order valence-electron chi connectivity index (χ2n) is 5.17. The zero-order valence-corrected chi connectivity index (χ0v) is 15.0. The van der Waals surface area contributed by atoms with E-state index in [2.05, 4.69) is 4.72 Å². The third-order valence-electron chi connectivity index (χ3n) is 3.47. The molecule has 128 valence electrons. The van der Waals surface area contributed by atoms with Gasteiger partial charge in [0.1, 0.15) is 10.7 Å². The van der Waals surface area contributed by atoms with Crippen LogP contribution in [-0.2, 0) is 11.0 Å². The summed E-state index contributed by atoms with van der Waals surface area (Å²) in [5, 5.41) is 10.1. The predicted molar refractivity (Wildman–Crippen MR) is 100.0 cm³/mol. The molecule has 1 atom stereocenters. The molecule has 0 aromatic heterocycles. The Morgan fingerprint density at radius 1 is 0.960 bits per heavy atom. The maximum absolute atomic E-state index is 14.1. The highest BCUT2D eigenvalue weighted by molar-refractivity contribution is 7.86. The normalized spacial score (nSPS) is 12.0. The van der Waals surface area contributed by atoms with E-state index in [0.29, 0.717) is 0 Å². The van der Waals surface area contributed by atoms with E-state index in [1.165, 1.54) is 18.2 Å². The van der Waals surface area contributed by atoms with E-state index < -0.39 is 16.8 Å². The fraction of sp³-hybridized carbons (Fsp3) is 0. The molecule has 2 N–H and O–H groups in total. The Balaban J connectivity index is 1.94. The van der Waals surface area contributed by atoms with Crippen LogP contribution in [0.5, 0.6) is 5.75 Å². The first kappa shape index (κ1) is 17.7. The highest BCUT2D eigenvalue weighted by atomic mass is 35.5. The van der Waals surface area contributed by atoms with Crippen LogP contribution >= 0.6 is 23.2 Å². The molecule has 0 fully saturated rings. The minimum absolute atomic E-state index is 0.0259. The quantitative estimate of drug-likeness (QED) is 0.600. The minimum atomic E-state index is -1.95. The van der Waals surface area contributed by atoms with Crippen molar-refractivity contribution in [3.8, 4) is 16.9 Å². The topological polar surface area (TPSA) is 49.3 Å². The molecule has 0 heterocycles. The Morgan fingerprint density at radius 3 is 2.40 bits per heavy atom. The van der Waals surface area contributed by atoms with Crippen LogP contribution in [0, 0.1) is 5.82 Å². The molecule has 3 nitrogen and oxygen atoms in total. The molecule has 25 heavy (non-hydrogen) atoms. The maximum atomic E-state index is 14.1. The lowest BCUT2D eigenvalue weighted by molar-refractivity contribution is 0.461. The first-order valence-electron chi connectivity index (χ1n) is 7.17. The number of benzene rings is 3. The van der Waals surface area contributed by atoms with Crippen molar-refractivity contribution < 1.29 is 13.7 Å². The number of phenolic OH excluding ortho intramolecular Hbond substituents is 1. The summed E-state index contributed by atoms with van der Waals surface area (Å²) in [6.45, 7) is 0. The molecule has 0 bridgehead atoms. The molecule has 0 spiro atoms. The van der Waals surface area contributed by atoms with Crippen LogP contribution in [0.1, 0.15) is 0 Å². The second-order valence-corrected chi connectivity index (χ2v) is 7.19. The number of anilines is 1. The monoisotopic (exact) mass is 395 g/mol. The molecule has 0 saturated carbocycles. The first-order chi connectivity index (χ1) is 12.0. The van der Waals surface area contributed by atoms with Gasteiger partial charge in [0.15, 0.2) is 16.7 Å². The lowest BCUT2D eigenvalue weighted by Gasteiger charge is -2.11. The van der Waals surface area contributed by atoms with Crippen LogP contribution in [0.2, 0.25) is 10.0 Å². The molecular formula is C18H12Cl2FNO2S. The van der Waals surface area contributed by atoms with Crippen molar-refractivity contribution in [1.29, 1.82) is 0 Å². The molecule has 7 heteroatoms. The summed E-state index contributed by atoms with van der Waals surface area (Å²) in [6.07, 6.45) is 0. The largest absolute Gasteiger partial charge is 0.505 e. The van der Waals surface area contributed by atoms with Crippen molar-refractivity contribution in [2.24, 2.45) is 0 Å². The van der Waals surface area contributed by atoms with Crippen molar-refractivity contribution >= 4 is 39.9 Å². The van der Waals surface area contributed by atoms with Crippen molar-refractivity contribution in [2.45, 2.75) is 4.90 Å². The second kappa shape index (κ2) is 7.44. The van der Waals surface area contributed by atoms with Crippen LogP contribution in [0.25, 0.3) is 11.1 Å². The number of nitrogens with one attached hydrogen (secondary N) is 1. The molecule has 1 unspecified atom stereocenters. The lowest BCUT2D eigenvalue weighted by atomic mass is 10.1. The average Bonchev–Trinajstić information content (AvgIpc) is 2.60. The van der Waals surface area contributed by atoms with Crippen LogP contribution in [0.15, 0.2) is 65.6 Å². The third-order valence-corrected chi connectivity index (χ3v) is 5.09. The summed E-state index contributed by atoms with van der Waals surface area (Å²) in [7, 11) is -1.95. The Kier molecular flexibility index (Phi) is 5.27. The average molecular weight is 396 g/mol. The number of hydrogen-bond acceptors (Lipinski definition) is 2. The van der Waals surface area contributed by atoms with Crippen molar-refractivity contribution in [2.75, 3.05) is 4.72 Å². The van der Waals surface area contributed by atoms with Crippen molar-refractivity contribution in [3.05, 3.63) is 76.5 Å². The summed E-state index contributed by atoms with van der Waals surface area (Å²) in [4.78, 5) is -0.0259. The number of hydrogen-bond donors (Lipinski definition) is 2. The van der Waals surface area contributed by atoms with Gasteiger partial charge in [0, 0.05) is 5.02 Å². The zero-order chi connectivity index (χ0) is 18.0. The molecule has 0 aliphatic rings. The van der Waals surface area contributed by atoms with E-state index in [9.17, 15) is 13.7 Å². The molecule has 3 rings (SSSR count). The predicted octanol–water partition coefficient (Wildman–Crippen LogP) is 5.64. The summed E-state index contributed by atoms with van der Waals surface area (Å²) < 4.78 is 29.2. The Bertz CT molecular complexity index is 951. The van der Waals surface area contributed by atoms with Gasteiger partial charge in [-0.05, 0) is 35.4 Å². The smallest absolute Gasteiger partial charge is 0.154 e. The summed E-state index contributed by atoms with van der Waals surface area (Å²) >= 11 is 11.7. The third kappa shape index (κ3) is 3.95. The highest BCUT2D eigenvalue weighted by Gasteiger charge is 2.16. The first-order valence-corrected chi connectivity index (χ1v) is 9.07. The highest BCUT2D eigenvalue weighted by Crippen LogP contribution is 2.34. The molecule has 0 radical (unpaired) electrons. The number of aromatic hydroxyl groups is 1. The van der Waals surface area contributed by atoms with E-state index in [0.717, 1.165) is 11.1 Å². The summed E-state index contributed by atoms with van der Waals surface area (Å²) in [5.74, 6) is -0.933. The number of halogens is 3. The van der Waals surface area contributed by atoms with E-state index in [-0.39, 0.29) is 26.4 Å². The molecule has 0 amide bonds. The van der Waals surface area contributed by atoms with Gasteiger partial charge in [0.05, 0.1) is 10.7 Å². The molecular weight excluding hydrogens is 384 g/mol. The maximum Gasteiger partial charge on any atom is 0.154 e. The standard InChI is InChI=1S/C18H12Cl2FNO2S/c19-13-9-14(20)18(23)17(10-13)25(24)22-16-8-12(6-7-15(16)21)11-4-2-1-3-5-11/h1-10,22-23H. The van der Waals surface area contributed by atoms with E-state index in [1.54, 1.807) is 12.1 Å². The van der Waals surface area contributed by atoms with Crippen molar-refractivity contribution in [1.82, 2.24) is 0 Å². The van der Waals surface area contributed by atoms with Crippen LogP contribution in [-0.4, -0.2) is 9.32 Å². The summed E-state index contributed by atoms with van der Waals surface area (Å²) in [5.41, 5.74) is 1.69. The fourth-order valence-corrected chi connectivity index (χ4v) is 3.85. The fourth-order valence-electron chi connectivity index (χ4n) is 2.25. The molecule has 0 saturated heterocycles. The zero-order valence-electron chi connectivity index (χ0n) is 12.7. The van der Waals surface area contributed by atoms with E-state index in [1.807, 2.05) is 30.3 Å². The Hall–Kier alpha value is -2.08. The van der Waals surface area contributed by atoms with Crippen LogP contribution in [0.3, 0.4) is 0 Å². The van der Waals surface area contributed by atoms with Gasteiger partial charge in [-0.3, -0.25) is 4.72 Å². The van der Waals surface area contributed by atoms with Gasteiger partial charge in [-0.15, -0.1) is 0 Å². The molecule has 0 aliphatic heterocycles. The Morgan fingerprint density at radius 2 is 1.68 bits per heavy atom. The van der Waals surface area contributed by atoms with Gasteiger partial charge in [-0.2, -0.15) is 0 Å². The summed E-state index contributed by atoms with van der Waals surface area (Å²) in [6, 6.07) is 16.5. The van der Waals surface area contributed by atoms with E-state index >= 15 is 0 Å².